The SMILES string of the molecule is COC(=O)CCc1csc(NCCN(C)C(C)C)n1. The average Bonchev–Trinajstić information content (AvgIpc) is 2.83. The van der Waals surface area contributed by atoms with Crippen molar-refractivity contribution in [3.05, 3.63) is 11.1 Å². The average molecular weight is 285 g/mol. The molecule has 0 bridgehead atoms. The highest BCUT2D eigenvalue weighted by molar-refractivity contribution is 7.13. The first-order chi connectivity index (χ1) is 9.02. The van der Waals surface area contributed by atoms with Crippen molar-refractivity contribution in [3.63, 3.8) is 0 Å². The number of rotatable bonds is 8. The monoisotopic (exact) mass is 285 g/mol. The maximum Gasteiger partial charge on any atom is 0.305 e. The molecule has 0 aliphatic heterocycles. The standard InChI is InChI=1S/C13H23N3O2S/c1-10(2)16(3)8-7-14-13-15-11(9-19-13)5-6-12(17)18-4/h9-10H,5-8H2,1-4H3,(H,14,15). The van der Waals surface area contributed by atoms with E-state index in [9.17, 15) is 4.79 Å². The summed E-state index contributed by atoms with van der Waals surface area (Å²) in [6.07, 6.45) is 1.02. The minimum Gasteiger partial charge on any atom is -0.469 e. The predicted molar refractivity (Wildman–Crippen MR) is 78.7 cm³/mol. The van der Waals surface area contributed by atoms with Crippen LogP contribution in [0.5, 0.6) is 0 Å². The number of thiazole rings is 1. The maximum atomic E-state index is 11.0. The molecule has 108 valence electrons. The van der Waals surface area contributed by atoms with Gasteiger partial charge in [0.25, 0.3) is 0 Å². The number of ether oxygens (including phenoxy) is 1. The number of hydrogen-bond donors (Lipinski definition) is 1. The molecule has 0 saturated heterocycles. The first kappa shape index (κ1) is 15.9. The number of aromatic nitrogens is 1. The van der Waals surface area contributed by atoms with Crippen LogP contribution in [0.1, 0.15) is 26.0 Å². The van der Waals surface area contributed by atoms with Gasteiger partial charge in [-0.15, -0.1) is 11.3 Å². The molecule has 1 rings (SSSR count). The van der Waals surface area contributed by atoms with Gasteiger partial charge in [-0.1, -0.05) is 0 Å². The van der Waals surface area contributed by atoms with E-state index < -0.39 is 0 Å². The van der Waals surface area contributed by atoms with E-state index in [1.54, 1.807) is 11.3 Å². The molecule has 0 aromatic carbocycles. The van der Waals surface area contributed by atoms with Crippen LogP contribution in [0.15, 0.2) is 5.38 Å². The lowest BCUT2D eigenvalue weighted by atomic mass is 10.2. The number of likely N-dealkylation sites (N-methyl/N-ethyl adjacent to an activating group) is 1. The molecule has 0 aliphatic carbocycles. The van der Waals surface area contributed by atoms with E-state index in [0.29, 0.717) is 18.9 Å². The normalized spacial score (nSPS) is 11.1. The van der Waals surface area contributed by atoms with Gasteiger partial charge in [-0.05, 0) is 20.9 Å². The topological polar surface area (TPSA) is 54.5 Å². The Morgan fingerprint density at radius 3 is 2.95 bits per heavy atom. The fourth-order valence-electron chi connectivity index (χ4n) is 1.43. The first-order valence-corrected chi connectivity index (χ1v) is 7.36. The van der Waals surface area contributed by atoms with Crippen LogP contribution >= 0.6 is 11.3 Å². The van der Waals surface area contributed by atoms with Crippen molar-refractivity contribution in [2.75, 3.05) is 32.6 Å². The summed E-state index contributed by atoms with van der Waals surface area (Å²) >= 11 is 1.58. The Hall–Kier alpha value is -1.14. The summed E-state index contributed by atoms with van der Waals surface area (Å²) in [5.74, 6) is -0.193. The Kier molecular flexibility index (Phi) is 6.80. The summed E-state index contributed by atoms with van der Waals surface area (Å²) in [7, 11) is 3.51. The van der Waals surface area contributed by atoms with Crippen LogP contribution in [0.2, 0.25) is 0 Å². The van der Waals surface area contributed by atoms with Gasteiger partial charge in [0.05, 0.1) is 19.2 Å². The molecule has 5 nitrogen and oxygen atoms in total. The van der Waals surface area contributed by atoms with Gasteiger partial charge in [-0.3, -0.25) is 4.79 Å². The molecule has 6 heteroatoms. The number of nitrogens with zero attached hydrogens (tertiary/aromatic N) is 2. The van der Waals surface area contributed by atoms with Gasteiger partial charge in [-0.2, -0.15) is 0 Å². The lowest BCUT2D eigenvalue weighted by Gasteiger charge is -2.20. The Bertz CT molecular complexity index is 393. The van der Waals surface area contributed by atoms with Crippen LogP contribution in [0.4, 0.5) is 5.13 Å². The van der Waals surface area contributed by atoms with Crippen LogP contribution in [0.3, 0.4) is 0 Å². The summed E-state index contributed by atoms with van der Waals surface area (Å²) in [4.78, 5) is 17.8. The second-order valence-electron chi connectivity index (χ2n) is 4.72. The highest BCUT2D eigenvalue weighted by Crippen LogP contribution is 2.16. The fraction of sp³-hybridized carbons (Fsp3) is 0.692. The van der Waals surface area contributed by atoms with Crippen LogP contribution in [0, 0.1) is 0 Å². The molecule has 0 aliphatic rings. The van der Waals surface area contributed by atoms with Crippen molar-refractivity contribution in [2.45, 2.75) is 32.7 Å². The highest BCUT2D eigenvalue weighted by Gasteiger charge is 2.06. The van der Waals surface area contributed by atoms with E-state index >= 15 is 0 Å². The lowest BCUT2D eigenvalue weighted by Crippen LogP contribution is -2.31. The molecular formula is C13H23N3O2S. The van der Waals surface area contributed by atoms with E-state index in [1.165, 1.54) is 7.11 Å². The van der Waals surface area contributed by atoms with Crippen LogP contribution in [-0.2, 0) is 16.0 Å². The second kappa shape index (κ2) is 8.12. The summed E-state index contributed by atoms with van der Waals surface area (Å²) in [6, 6.07) is 0.550. The van der Waals surface area contributed by atoms with Gasteiger partial charge in [0.15, 0.2) is 5.13 Å². The lowest BCUT2D eigenvalue weighted by molar-refractivity contribution is -0.140. The summed E-state index contributed by atoms with van der Waals surface area (Å²) in [6.45, 7) is 6.20. The highest BCUT2D eigenvalue weighted by atomic mass is 32.1. The molecule has 1 heterocycles. The van der Waals surface area contributed by atoms with Crippen LogP contribution in [0.25, 0.3) is 0 Å². The number of esters is 1. The van der Waals surface area contributed by atoms with Gasteiger partial charge in [0, 0.05) is 30.9 Å². The number of nitrogens with one attached hydrogen (secondary N) is 1. The zero-order chi connectivity index (χ0) is 14.3. The third-order valence-electron chi connectivity index (χ3n) is 2.99. The van der Waals surface area contributed by atoms with Crippen LogP contribution < -0.4 is 5.32 Å². The van der Waals surface area contributed by atoms with Gasteiger partial charge in [-0.25, -0.2) is 4.98 Å². The Balaban J connectivity index is 2.28. The third-order valence-corrected chi connectivity index (χ3v) is 3.84. The molecule has 19 heavy (non-hydrogen) atoms. The first-order valence-electron chi connectivity index (χ1n) is 6.48. The Labute approximate surface area is 119 Å². The molecule has 0 radical (unpaired) electrons. The zero-order valence-corrected chi connectivity index (χ0v) is 12.9. The van der Waals surface area contributed by atoms with E-state index in [4.69, 9.17) is 0 Å². The van der Waals surface area contributed by atoms with E-state index in [1.807, 2.05) is 5.38 Å². The van der Waals surface area contributed by atoms with E-state index in [-0.39, 0.29) is 5.97 Å². The third kappa shape index (κ3) is 6.02. The maximum absolute atomic E-state index is 11.0. The van der Waals surface area contributed by atoms with Gasteiger partial charge in [0.2, 0.25) is 0 Å². The van der Waals surface area contributed by atoms with Crippen molar-refractivity contribution in [2.24, 2.45) is 0 Å². The van der Waals surface area contributed by atoms with Crippen molar-refractivity contribution in [3.8, 4) is 0 Å². The van der Waals surface area contributed by atoms with Gasteiger partial charge >= 0.3 is 5.97 Å². The van der Waals surface area contributed by atoms with Gasteiger partial charge in [0.1, 0.15) is 0 Å². The summed E-state index contributed by atoms with van der Waals surface area (Å²) in [5.41, 5.74) is 0.940. The smallest absolute Gasteiger partial charge is 0.305 e. The minimum absolute atomic E-state index is 0.193. The van der Waals surface area contributed by atoms with Crippen molar-refractivity contribution in [1.82, 2.24) is 9.88 Å². The van der Waals surface area contributed by atoms with E-state index in [2.05, 4.69) is 40.8 Å². The molecule has 1 aromatic rings. The Morgan fingerprint density at radius 1 is 1.58 bits per heavy atom. The van der Waals surface area contributed by atoms with Crippen molar-refractivity contribution < 1.29 is 9.53 Å². The summed E-state index contributed by atoms with van der Waals surface area (Å²) < 4.78 is 4.61. The number of methoxy groups -OCH3 is 1. The van der Waals surface area contributed by atoms with Crippen LogP contribution in [-0.4, -0.2) is 49.1 Å². The number of anilines is 1. The molecule has 0 fully saturated rings. The second-order valence-corrected chi connectivity index (χ2v) is 5.58. The fourth-order valence-corrected chi connectivity index (χ4v) is 2.21. The molecule has 0 atom stereocenters. The zero-order valence-electron chi connectivity index (χ0n) is 12.1. The molecular weight excluding hydrogens is 262 g/mol. The number of carbonyl (C=O) groups is 1. The molecule has 1 N–H and O–H groups in total. The molecule has 0 spiro atoms. The minimum atomic E-state index is -0.193. The summed E-state index contributed by atoms with van der Waals surface area (Å²) in [5, 5.41) is 6.20. The largest absolute Gasteiger partial charge is 0.469 e. The number of hydrogen-bond acceptors (Lipinski definition) is 6. The van der Waals surface area contributed by atoms with Crippen molar-refractivity contribution >= 4 is 22.4 Å². The van der Waals surface area contributed by atoms with E-state index in [0.717, 1.165) is 23.9 Å². The predicted octanol–water partition coefficient (Wildman–Crippen LogP) is 2.00. The van der Waals surface area contributed by atoms with Crippen molar-refractivity contribution in [1.29, 1.82) is 0 Å². The molecule has 1 aromatic heterocycles. The number of carbonyl (C=O) groups excluding carboxylic acids is 1. The molecule has 0 amide bonds. The Morgan fingerprint density at radius 2 is 2.32 bits per heavy atom. The molecule has 0 saturated carbocycles. The van der Waals surface area contributed by atoms with Gasteiger partial charge < -0.3 is 15.0 Å². The quantitative estimate of drug-likeness (QED) is 0.740. The molecule has 0 unspecified atom stereocenters. The number of aryl methyl sites for hydroxylation is 1.